The van der Waals surface area contributed by atoms with Crippen molar-refractivity contribution in [3.05, 3.63) is 29.8 Å². The van der Waals surface area contributed by atoms with Crippen LogP contribution in [0.4, 0.5) is 0 Å². The van der Waals surface area contributed by atoms with Crippen LogP contribution in [0.2, 0.25) is 0 Å². The smallest absolute Gasteiger partial charge is 0.334 e. The Labute approximate surface area is 108 Å². The molecule has 0 fully saturated rings. The molecule has 1 aromatic carbocycles. The third-order valence-electron chi connectivity index (χ3n) is 2.77. The van der Waals surface area contributed by atoms with Crippen molar-refractivity contribution in [1.29, 1.82) is 0 Å². The highest BCUT2D eigenvalue weighted by Gasteiger charge is 2.29. The predicted molar refractivity (Wildman–Crippen MR) is 66.6 cm³/mol. The van der Waals surface area contributed by atoms with Crippen LogP contribution in [0.15, 0.2) is 29.2 Å². The van der Waals surface area contributed by atoms with Gasteiger partial charge in [-0.3, -0.25) is 4.79 Å². The first-order valence-corrected chi connectivity index (χ1v) is 6.48. The summed E-state index contributed by atoms with van der Waals surface area (Å²) in [5.74, 6) is -1.20. The highest BCUT2D eigenvalue weighted by molar-refractivity contribution is 7.99. The quantitative estimate of drug-likeness (QED) is 0.737. The molecule has 0 spiro atoms. The standard InChI is InChI=1S/C12H13NO4S/c14-9(12(16)17)5-13-11(15)8-6-18-10-4-2-1-3-7(8)10/h1-4,8-9,14H,5-6H2,(H,13,15)(H,16,17)/t8?,9-/m0/s1. The number of carboxylic acid groups (broad SMARTS) is 1. The number of thioether (sulfide) groups is 1. The number of aliphatic hydroxyl groups excluding tert-OH is 1. The van der Waals surface area contributed by atoms with Crippen molar-refractivity contribution >= 4 is 23.6 Å². The van der Waals surface area contributed by atoms with E-state index in [4.69, 9.17) is 10.2 Å². The Morgan fingerprint density at radius 3 is 2.89 bits per heavy atom. The number of aliphatic hydroxyl groups is 1. The fourth-order valence-electron chi connectivity index (χ4n) is 1.79. The van der Waals surface area contributed by atoms with Gasteiger partial charge >= 0.3 is 5.97 Å². The second kappa shape index (κ2) is 5.41. The SMILES string of the molecule is O=C(NC[C@H](O)C(=O)O)C1CSc2ccccc21. The van der Waals surface area contributed by atoms with Gasteiger partial charge in [0.05, 0.1) is 12.5 Å². The first-order valence-electron chi connectivity index (χ1n) is 5.50. The van der Waals surface area contributed by atoms with E-state index in [9.17, 15) is 9.59 Å². The normalized spacial score (nSPS) is 19.1. The van der Waals surface area contributed by atoms with Gasteiger partial charge in [-0.2, -0.15) is 0 Å². The van der Waals surface area contributed by atoms with Crippen molar-refractivity contribution in [3.8, 4) is 0 Å². The molecule has 2 atom stereocenters. The number of hydrogen-bond donors (Lipinski definition) is 3. The minimum atomic E-state index is -1.56. The minimum Gasteiger partial charge on any atom is -0.479 e. The lowest BCUT2D eigenvalue weighted by atomic mass is 10.0. The summed E-state index contributed by atoms with van der Waals surface area (Å²) in [6.07, 6.45) is -1.56. The zero-order valence-corrected chi connectivity index (χ0v) is 10.3. The second-order valence-corrected chi connectivity index (χ2v) is 5.06. The van der Waals surface area contributed by atoms with E-state index >= 15 is 0 Å². The van der Waals surface area contributed by atoms with Crippen molar-refractivity contribution < 1.29 is 19.8 Å². The highest BCUT2D eigenvalue weighted by atomic mass is 32.2. The van der Waals surface area contributed by atoms with E-state index in [0.29, 0.717) is 5.75 Å². The van der Waals surface area contributed by atoms with E-state index in [2.05, 4.69) is 5.32 Å². The molecule has 0 bridgehead atoms. The Morgan fingerprint density at radius 2 is 2.17 bits per heavy atom. The summed E-state index contributed by atoms with van der Waals surface area (Å²) < 4.78 is 0. The molecular formula is C12H13NO4S. The van der Waals surface area contributed by atoms with E-state index in [1.165, 1.54) is 0 Å². The van der Waals surface area contributed by atoms with Crippen molar-refractivity contribution in [1.82, 2.24) is 5.32 Å². The van der Waals surface area contributed by atoms with Crippen LogP contribution >= 0.6 is 11.8 Å². The molecular weight excluding hydrogens is 254 g/mol. The molecule has 2 rings (SSSR count). The van der Waals surface area contributed by atoms with E-state index in [-0.39, 0.29) is 18.4 Å². The van der Waals surface area contributed by atoms with Crippen LogP contribution in [0.25, 0.3) is 0 Å². The Kier molecular flexibility index (Phi) is 3.88. The molecule has 0 aromatic heterocycles. The van der Waals surface area contributed by atoms with Gasteiger partial charge in [0.15, 0.2) is 6.10 Å². The Hall–Kier alpha value is -1.53. The number of aliphatic carboxylic acids is 1. The number of benzene rings is 1. The Bertz CT molecular complexity index is 477. The molecule has 1 aliphatic rings. The van der Waals surface area contributed by atoms with Crippen LogP contribution < -0.4 is 5.32 Å². The van der Waals surface area contributed by atoms with Gasteiger partial charge in [0.25, 0.3) is 0 Å². The van der Waals surface area contributed by atoms with E-state index < -0.39 is 12.1 Å². The van der Waals surface area contributed by atoms with Gasteiger partial charge in [0.1, 0.15) is 0 Å². The number of carbonyl (C=O) groups is 2. The maximum Gasteiger partial charge on any atom is 0.334 e. The third kappa shape index (κ3) is 2.65. The molecule has 96 valence electrons. The van der Waals surface area contributed by atoms with Crippen molar-refractivity contribution in [2.24, 2.45) is 0 Å². The van der Waals surface area contributed by atoms with Crippen LogP contribution in [0.1, 0.15) is 11.5 Å². The van der Waals surface area contributed by atoms with Gasteiger partial charge in [0.2, 0.25) is 5.91 Å². The van der Waals surface area contributed by atoms with Crippen LogP contribution in [-0.2, 0) is 9.59 Å². The fourth-order valence-corrected chi connectivity index (χ4v) is 3.02. The third-order valence-corrected chi connectivity index (χ3v) is 3.95. The molecule has 1 unspecified atom stereocenters. The lowest BCUT2D eigenvalue weighted by molar-refractivity contribution is -0.146. The molecule has 3 N–H and O–H groups in total. The van der Waals surface area contributed by atoms with Crippen LogP contribution in [0.3, 0.4) is 0 Å². The molecule has 0 aliphatic carbocycles. The van der Waals surface area contributed by atoms with Gasteiger partial charge in [-0.15, -0.1) is 11.8 Å². The highest BCUT2D eigenvalue weighted by Crippen LogP contribution is 2.39. The van der Waals surface area contributed by atoms with Crippen molar-refractivity contribution in [2.45, 2.75) is 16.9 Å². The van der Waals surface area contributed by atoms with E-state index in [1.54, 1.807) is 11.8 Å². The summed E-state index contributed by atoms with van der Waals surface area (Å²) in [6, 6.07) is 7.64. The second-order valence-electron chi connectivity index (χ2n) is 4.00. The molecule has 1 heterocycles. The number of fused-ring (bicyclic) bond motifs is 1. The average molecular weight is 267 g/mol. The topological polar surface area (TPSA) is 86.6 Å². The monoisotopic (exact) mass is 267 g/mol. The van der Waals surface area contributed by atoms with Crippen LogP contribution in [0, 0.1) is 0 Å². The first-order chi connectivity index (χ1) is 8.59. The average Bonchev–Trinajstić information content (AvgIpc) is 2.79. The molecule has 1 aromatic rings. The van der Waals surface area contributed by atoms with E-state index in [0.717, 1.165) is 10.5 Å². The zero-order valence-electron chi connectivity index (χ0n) is 9.50. The lowest BCUT2D eigenvalue weighted by Crippen LogP contribution is -2.38. The maximum absolute atomic E-state index is 11.9. The van der Waals surface area contributed by atoms with Crippen LogP contribution in [-0.4, -0.2) is 40.5 Å². The van der Waals surface area contributed by atoms with Gasteiger partial charge in [-0.1, -0.05) is 18.2 Å². The number of hydrogen-bond acceptors (Lipinski definition) is 4. The number of rotatable bonds is 4. The molecule has 0 saturated carbocycles. The number of nitrogens with one attached hydrogen (secondary N) is 1. The minimum absolute atomic E-state index is 0.243. The van der Waals surface area contributed by atoms with Crippen LogP contribution in [0.5, 0.6) is 0 Å². The van der Waals surface area contributed by atoms with Gasteiger partial charge < -0.3 is 15.5 Å². The molecule has 18 heavy (non-hydrogen) atoms. The van der Waals surface area contributed by atoms with E-state index in [1.807, 2.05) is 24.3 Å². The fraction of sp³-hybridized carbons (Fsp3) is 0.333. The van der Waals surface area contributed by atoms with Gasteiger partial charge in [0, 0.05) is 10.6 Å². The van der Waals surface area contributed by atoms with Crippen molar-refractivity contribution in [2.75, 3.05) is 12.3 Å². The molecule has 6 heteroatoms. The zero-order chi connectivity index (χ0) is 13.1. The molecule has 0 radical (unpaired) electrons. The summed E-state index contributed by atoms with van der Waals surface area (Å²) in [5.41, 5.74) is 0.963. The number of carboxylic acids is 1. The summed E-state index contributed by atoms with van der Waals surface area (Å²) in [4.78, 5) is 23.4. The summed E-state index contributed by atoms with van der Waals surface area (Å²) >= 11 is 1.61. The number of amides is 1. The van der Waals surface area contributed by atoms with Crippen molar-refractivity contribution in [3.63, 3.8) is 0 Å². The maximum atomic E-state index is 11.9. The molecule has 5 nitrogen and oxygen atoms in total. The Balaban J connectivity index is 1.97. The molecule has 1 aliphatic heterocycles. The summed E-state index contributed by atoms with van der Waals surface area (Å²) in [5, 5.41) is 20.1. The molecule has 1 amide bonds. The Morgan fingerprint density at radius 1 is 1.44 bits per heavy atom. The van der Waals surface area contributed by atoms with Gasteiger partial charge in [-0.05, 0) is 11.6 Å². The number of carbonyl (C=O) groups excluding carboxylic acids is 1. The lowest BCUT2D eigenvalue weighted by Gasteiger charge is -2.12. The molecule has 0 saturated heterocycles. The summed E-state index contributed by atoms with van der Waals surface area (Å²) in [6.45, 7) is -0.266. The first kappa shape index (κ1) is 12.9. The largest absolute Gasteiger partial charge is 0.479 e. The predicted octanol–water partition coefficient (Wildman–Crippen LogP) is 0.438. The van der Waals surface area contributed by atoms with Gasteiger partial charge in [-0.25, -0.2) is 4.79 Å². The summed E-state index contributed by atoms with van der Waals surface area (Å²) in [7, 11) is 0.